The molecule has 0 N–H and O–H groups in total. The van der Waals surface area contributed by atoms with Crippen LogP contribution in [0, 0.1) is 0 Å². The van der Waals surface area contributed by atoms with Gasteiger partial charge in [0.2, 0.25) is 0 Å². The van der Waals surface area contributed by atoms with Gasteiger partial charge in [0.05, 0.1) is 12.2 Å². The fourth-order valence-electron chi connectivity index (χ4n) is 2.02. The van der Waals surface area contributed by atoms with Crippen molar-refractivity contribution in [3.05, 3.63) is 0 Å². The Morgan fingerprint density at radius 2 is 2.33 bits per heavy atom. The van der Waals surface area contributed by atoms with Crippen LogP contribution in [0.15, 0.2) is 0 Å². The van der Waals surface area contributed by atoms with Crippen molar-refractivity contribution in [2.75, 3.05) is 13.6 Å². The highest BCUT2D eigenvalue weighted by molar-refractivity contribution is 4.94. The van der Waals surface area contributed by atoms with Crippen LogP contribution in [0.25, 0.3) is 0 Å². The summed E-state index contributed by atoms with van der Waals surface area (Å²) in [6, 6.07) is 0.718. The minimum Gasteiger partial charge on any atom is -0.372 e. The van der Waals surface area contributed by atoms with Gasteiger partial charge in [-0.1, -0.05) is 0 Å². The van der Waals surface area contributed by atoms with Crippen molar-refractivity contribution >= 4 is 0 Å². The zero-order chi connectivity index (χ0) is 6.43. The summed E-state index contributed by atoms with van der Waals surface area (Å²) < 4.78 is 5.59. The van der Waals surface area contributed by atoms with Crippen molar-refractivity contribution < 1.29 is 4.74 Å². The standard InChI is InChI=1S/C7H13NO/c1-5-7-3-6(9-5)4-8(7)2/h5-7H,3-4H2,1-2H3/t5-,6?,7?/m1/s1. The fraction of sp³-hybridized carbons (Fsp3) is 1.00. The first-order valence-electron chi connectivity index (χ1n) is 3.63. The van der Waals surface area contributed by atoms with Gasteiger partial charge in [-0.15, -0.1) is 0 Å². The third-order valence-electron chi connectivity index (χ3n) is 2.51. The van der Waals surface area contributed by atoms with Gasteiger partial charge >= 0.3 is 0 Å². The van der Waals surface area contributed by atoms with Crippen molar-refractivity contribution in [3.8, 4) is 0 Å². The zero-order valence-electron chi connectivity index (χ0n) is 6.00. The number of fused-ring (bicyclic) bond motifs is 2. The van der Waals surface area contributed by atoms with E-state index in [9.17, 15) is 0 Å². The zero-order valence-corrected chi connectivity index (χ0v) is 6.00. The number of hydrogen-bond donors (Lipinski definition) is 0. The van der Waals surface area contributed by atoms with Crippen LogP contribution in [-0.2, 0) is 4.74 Å². The Morgan fingerprint density at radius 1 is 1.56 bits per heavy atom. The summed E-state index contributed by atoms with van der Waals surface area (Å²) >= 11 is 0. The highest BCUT2D eigenvalue weighted by atomic mass is 16.5. The predicted molar refractivity (Wildman–Crippen MR) is 35.4 cm³/mol. The number of likely N-dealkylation sites (N-methyl/N-ethyl adjacent to an activating group) is 1. The first-order chi connectivity index (χ1) is 4.27. The molecule has 2 unspecified atom stereocenters. The lowest BCUT2D eigenvalue weighted by molar-refractivity contribution is -0.0150. The molecule has 2 heteroatoms. The monoisotopic (exact) mass is 127 g/mol. The van der Waals surface area contributed by atoms with Gasteiger partial charge in [-0.25, -0.2) is 0 Å². The van der Waals surface area contributed by atoms with Gasteiger partial charge < -0.3 is 4.74 Å². The molecular weight excluding hydrogens is 114 g/mol. The largest absolute Gasteiger partial charge is 0.372 e. The third kappa shape index (κ3) is 0.700. The molecule has 2 fully saturated rings. The SMILES string of the molecule is C[C@H]1OC2CC1N(C)C2. The summed E-state index contributed by atoms with van der Waals surface area (Å²) in [5.41, 5.74) is 0. The Morgan fingerprint density at radius 3 is 2.67 bits per heavy atom. The van der Waals surface area contributed by atoms with E-state index in [1.165, 1.54) is 6.42 Å². The summed E-state index contributed by atoms with van der Waals surface area (Å²) in [5.74, 6) is 0. The Balaban J connectivity index is 2.13. The number of hydrogen-bond acceptors (Lipinski definition) is 2. The maximum absolute atomic E-state index is 5.59. The predicted octanol–water partition coefficient (Wildman–Crippen LogP) is 0.478. The second-order valence-corrected chi connectivity index (χ2v) is 3.21. The Kier molecular flexibility index (Phi) is 1.08. The van der Waals surface area contributed by atoms with Gasteiger partial charge in [0.15, 0.2) is 0 Å². The van der Waals surface area contributed by atoms with E-state index in [4.69, 9.17) is 4.74 Å². The van der Waals surface area contributed by atoms with Gasteiger partial charge in [0, 0.05) is 12.6 Å². The van der Waals surface area contributed by atoms with Crippen LogP contribution in [0.2, 0.25) is 0 Å². The van der Waals surface area contributed by atoms with E-state index in [1.807, 2.05) is 0 Å². The normalized spacial score (nSPS) is 50.7. The molecule has 0 aromatic carbocycles. The maximum Gasteiger partial charge on any atom is 0.0722 e. The lowest BCUT2D eigenvalue weighted by Gasteiger charge is -2.27. The number of likely N-dealkylation sites (tertiary alicyclic amines) is 1. The molecule has 2 rings (SSSR count). The lowest BCUT2D eigenvalue weighted by atomic mass is 10.2. The van der Waals surface area contributed by atoms with Crippen molar-refractivity contribution in [1.82, 2.24) is 4.90 Å². The van der Waals surface area contributed by atoms with Gasteiger partial charge in [0.1, 0.15) is 0 Å². The molecule has 0 aromatic heterocycles. The third-order valence-corrected chi connectivity index (χ3v) is 2.51. The highest BCUT2D eigenvalue weighted by Gasteiger charge is 2.41. The van der Waals surface area contributed by atoms with Crippen molar-refractivity contribution in [2.24, 2.45) is 0 Å². The smallest absolute Gasteiger partial charge is 0.0722 e. The van der Waals surface area contributed by atoms with Gasteiger partial charge in [0.25, 0.3) is 0 Å². The molecule has 2 saturated heterocycles. The number of rotatable bonds is 0. The van der Waals surface area contributed by atoms with Crippen LogP contribution in [0.1, 0.15) is 13.3 Å². The second-order valence-electron chi connectivity index (χ2n) is 3.21. The molecule has 2 heterocycles. The molecule has 2 aliphatic rings. The first kappa shape index (κ1) is 5.69. The Hall–Kier alpha value is -0.0800. The minimum atomic E-state index is 0.480. The molecule has 52 valence electrons. The van der Waals surface area contributed by atoms with Crippen LogP contribution in [0.3, 0.4) is 0 Å². The Bertz CT molecular complexity index is 114. The van der Waals surface area contributed by atoms with Gasteiger partial charge in [-0.3, -0.25) is 4.90 Å². The molecule has 2 aliphatic heterocycles. The first-order valence-corrected chi connectivity index (χ1v) is 3.63. The van der Waals surface area contributed by atoms with E-state index >= 15 is 0 Å². The molecule has 3 atom stereocenters. The van der Waals surface area contributed by atoms with Crippen LogP contribution in [-0.4, -0.2) is 36.7 Å². The minimum absolute atomic E-state index is 0.480. The van der Waals surface area contributed by atoms with E-state index in [0.717, 1.165) is 12.6 Å². The fourth-order valence-corrected chi connectivity index (χ4v) is 2.02. The van der Waals surface area contributed by atoms with Crippen molar-refractivity contribution in [3.63, 3.8) is 0 Å². The van der Waals surface area contributed by atoms with E-state index in [1.54, 1.807) is 0 Å². The van der Waals surface area contributed by atoms with Crippen LogP contribution in [0.5, 0.6) is 0 Å². The average Bonchev–Trinajstić information content (AvgIpc) is 2.22. The van der Waals surface area contributed by atoms with Crippen LogP contribution in [0.4, 0.5) is 0 Å². The number of morpholine rings is 1. The topological polar surface area (TPSA) is 12.5 Å². The molecule has 0 saturated carbocycles. The molecule has 2 bridgehead atoms. The van der Waals surface area contributed by atoms with E-state index in [-0.39, 0.29) is 0 Å². The molecular formula is C7H13NO. The maximum atomic E-state index is 5.59. The summed E-state index contributed by atoms with van der Waals surface area (Å²) in [7, 11) is 2.18. The molecule has 0 spiro atoms. The molecule has 0 radical (unpaired) electrons. The number of ether oxygens (including phenoxy) is 1. The van der Waals surface area contributed by atoms with Gasteiger partial charge in [-0.05, 0) is 20.4 Å². The molecule has 0 amide bonds. The summed E-state index contributed by atoms with van der Waals surface area (Å²) in [4.78, 5) is 2.40. The molecule has 9 heavy (non-hydrogen) atoms. The molecule has 0 aliphatic carbocycles. The average molecular weight is 127 g/mol. The van der Waals surface area contributed by atoms with Crippen molar-refractivity contribution in [1.29, 1.82) is 0 Å². The lowest BCUT2D eigenvalue weighted by Crippen LogP contribution is -2.38. The molecule has 0 aromatic rings. The quantitative estimate of drug-likeness (QED) is 0.469. The number of nitrogens with zero attached hydrogens (tertiary/aromatic N) is 1. The summed E-state index contributed by atoms with van der Waals surface area (Å²) in [5, 5.41) is 0. The second kappa shape index (κ2) is 1.70. The Labute approximate surface area is 55.8 Å². The van der Waals surface area contributed by atoms with E-state index in [0.29, 0.717) is 12.2 Å². The molecule has 2 nitrogen and oxygen atoms in total. The summed E-state index contributed by atoms with van der Waals surface area (Å²) in [6.07, 6.45) is 2.29. The van der Waals surface area contributed by atoms with Crippen LogP contribution < -0.4 is 0 Å². The van der Waals surface area contributed by atoms with Gasteiger partial charge in [-0.2, -0.15) is 0 Å². The van der Waals surface area contributed by atoms with Crippen molar-refractivity contribution in [2.45, 2.75) is 31.6 Å². The van der Waals surface area contributed by atoms with E-state index in [2.05, 4.69) is 18.9 Å². The van der Waals surface area contributed by atoms with E-state index < -0.39 is 0 Å². The summed E-state index contributed by atoms with van der Waals surface area (Å²) in [6.45, 7) is 3.31. The van der Waals surface area contributed by atoms with Crippen LogP contribution >= 0.6 is 0 Å². The highest BCUT2D eigenvalue weighted by Crippen LogP contribution is 2.30.